The number of aliphatic hydroxyl groups excluding tert-OH is 2. The lowest BCUT2D eigenvalue weighted by atomic mass is 10.0. The number of anilines is 2. The fraction of sp³-hybridized carbons (Fsp3) is 0.455. The molecule has 1 fully saturated rings. The van der Waals surface area contributed by atoms with Crippen molar-refractivity contribution in [3.63, 3.8) is 0 Å². The second-order valence-electron chi connectivity index (χ2n) is 3.93. The lowest BCUT2D eigenvalue weighted by molar-refractivity contribution is 0.00805. The molecule has 0 spiro atoms. The second kappa shape index (κ2) is 4.08. The SMILES string of the molecule is Nc1ccccc1N1CC[C@@H](O)[C@@H](O)C1. The highest BCUT2D eigenvalue weighted by Gasteiger charge is 2.26. The first-order chi connectivity index (χ1) is 7.18. The van der Waals surface area contributed by atoms with E-state index in [-0.39, 0.29) is 0 Å². The molecule has 4 N–H and O–H groups in total. The Labute approximate surface area is 88.9 Å². The average Bonchev–Trinajstić information content (AvgIpc) is 2.23. The number of hydrogen-bond donors (Lipinski definition) is 3. The van der Waals surface area contributed by atoms with Gasteiger partial charge < -0.3 is 20.8 Å². The molecule has 0 aliphatic carbocycles. The summed E-state index contributed by atoms with van der Waals surface area (Å²) < 4.78 is 0. The van der Waals surface area contributed by atoms with Crippen LogP contribution < -0.4 is 10.6 Å². The topological polar surface area (TPSA) is 69.7 Å². The summed E-state index contributed by atoms with van der Waals surface area (Å²) in [5.41, 5.74) is 7.49. The van der Waals surface area contributed by atoms with Crippen molar-refractivity contribution in [1.82, 2.24) is 0 Å². The van der Waals surface area contributed by atoms with E-state index in [9.17, 15) is 10.2 Å². The van der Waals surface area contributed by atoms with Crippen LogP contribution in [0.15, 0.2) is 24.3 Å². The maximum absolute atomic E-state index is 9.57. The number of nitrogens with zero attached hydrogens (tertiary/aromatic N) is 1. The largest absolute Gasteiger partial charge is 0.397 e. The van der Waals surface area contributed by atoms with Gasteiger partial charge in [0.15, 0.2) is 0 Å². The van der Waals surface area contributed by atoms with Crippen LogP contribution in [-0.2, 0) is 0 Å². The van der Waals surface area contributed by atoms with E-state index >= 15 is 0 Å². The fourth-order valence-corrected chi connectivity index (χ4v) is 1.91. The van der Waals surface area contributed by atoms with Crippen LogP contribution in [0.2, 0.25) is 0 Å². The molecule has 1 saturated heterocycles. The summed E-state index contributed by atoms with van der Waals surface area (Å²) >= 11 is 0. The third-order valence-corrected chi connectivity index (χ3v) is 2.82. The van der Waals surface area contributed by atoms with Crippen LogP contribution in [0.4, 0.5) is 11.4 Å². The Morgan fingerprint density at radius 1 is 1.20 bits per heavy atom. The minimum Gasteiger partial charge on any atom is -0.397 e. The van der Waals surface area contributed by atoms with Crippen LogP contribution in [0.1, 0.15) is 6.42 Å². The molecule has 0 unspecified atom stereocenters. The van der Waals surface area contributed by atoms with Gasteiger partial charge in [0.25, 0.3) is 0 Å². The van der Waals surface area contributed by atoms with Gasteiger partial charge in [-0.2, -0.15) is 0 Å². The van der Waals surface area contributed by atoms with Crippen molar-refractivity contribution in [3.8, 4) is 0 Å². The van der Waals surface area contributed by atoms with Gasteiger partial charge in [0.2, 0.25) is 0 Å². The Morgan fingerprint density at radius 2 is 1.93 bits per heavy atom. The van der Waals surface area contributed by atoms with E-state index in [1.165, 1.54) is 0 Å². The van der Waals surface area contributed by atoms with E-state index < -0.39 is 12.2 Å². The summed E-state index contributed by atoms with van der Waals surface area (Å²) in [6, 6.07) is 7.57. The first kappa shape index (κ1) is 10.3. The van der Waals surface area contributed by atoms with Crippen molar-refractivity contribution in [2.45, 2.75) is 18.6 Å². The lowest BCUT2D eigenvalue weighted by Crippen LogP contribution is -2.46. The van der Waals surface area contributed by atoms with E-state index in [1.807, 2.05) is 29.2 Å². The number of benzene rings is 1. The van der Waals surface area contributed by atoms with E-state index in [1.54, 1.807) is 0 Å². The summed E-state index contributed by atoms with van der Waals surface area (Å²) in [6.45, 7) is 1.17. The first-order valence-electron chi connectivity index (χ1n) is 5.14. The van der Waals surface area contributed by atoms with E-state index in [2.05, 4.69) is 0 Å². The minimum absolute atomic E-state index is 0.440. The highest BCUT2D eigenvalue weighted by Crippen LogP contribution is 2.25. The molecule has 0 radical (unpaired) electrons. The van der Waals surface area contributed by atoms with Gasteiger partial charge in [-0.1, -0.05) is 12.1 Å². The molecule has 1 heterocycles. The van der Waals surface area contributed by atoms with Crippen molar-refractivity contribution in [3.05, 3.63) is 24.3 Å². The molecule has 0 amide bonds. The lowest BCUT2D eigenvalue weighted by Gasteiger charge is -2.35. The van der Waals surface area contributed by atoms with Gasteiger partial charge >= 0.3 is 0 Å². The van der Waals surface area contributed by atoms with Gasteiger partial charge in [-0.15, -0.1) is 0 Å². The molecule has 0 bridgehead atoms. The average molecular weight is 208 g/mol. The Balaban J connectivity index is 2.15. The van der Waals surface area contributed by atoms with Crippen LogP contribution >= 0.6 is 0 Å². The highest BCUT2D eigenvalue weighted by molar-refractivity contribution is 5.67. The molecule has 2 atom stereocenters. The van der Waals surface area contributed by atoms with E-state index in [0.717, 1.165) is 12.2 Å². The Kier molecular flexibility index (Phi) is 2.79. The number of aliphatic hydroxyl groups is 2. The minimum atomic E-state index is -0.682. The monoisotopic (exact) mass is 208 g/mol. The standard InChI is InChI=1S/C11H16N2O2/c12-8-3-1-2-4-9(8)13-6-5-10(14)11(15)7-13/h1-4,10-11,14-15H,5-7,12H2/t10-,11+/m1/s1. The molecule has 15 heavy (non-hydrogen) atoms. The zero-order chi connectivity index (χ0) is 10.8. The summed E-state index contributed by atoms with van der Waals surface area (Å²) in [6.07, 6.45) is -0.709. The molecule has 2 rings (SSSR count). The second-order valence-corrected chi connectivity index (χ2v) is 3.93. The van der Waals surface area contributed by atoms with Gasteiger partial charge in [-0.25, -0.2) is 0 Å². The van der Waals surface area contributed by atoms with Gasteiger partial charge in [0.05, 0.1) is 23.6 Å². The van der Waals surface area contributed by atoms with E-state index in [0.29, 0.717) is 18.7 Å². The number of nitrogens with two attached hydrogens (primary N) is 1. The molecular formula is C11H16N2O2. The van der Waals surface area contributed by atoms with E-state index in [4.69, 9.17) is 5.73 Å². The van der Waals surface area contributed by atoms with Gasteiger partial charge in [0.1, 0.15) is 0 Å². The third-order valence-electron chi connectivity index (χ3n) is 2.82. The summed E-state index contributed by atoms with van der Waals surface area (Å²) in [5.74, 6) is 0. The van der Waals surface area contributed by atoms with Crippen molar-refractivity contribution >= 4 is 11.4 Å². The zero-order valence-electron chi connectivity index (χ0n) is 8.50. The normalized spacial score (nSPS) is 26.7. The first-order valence-corrected chi connectivity index (χ1v) is 5.14. The highest BCUT2D eigenvalue weighted by atomic mass is 16.3. The molecule has 0 aromatic heterocycles. The Morgan fingerprint density at radius 3 is 2.60 bits per heavy atom. The molecule has 1 aliphatic rings. The molecule has 4 heteroatoms. The van der Waals surface area contributed by atoms with Crippen molar-refractivity contribution in [2.24, 2.45) is 0 Å². The smallest absolute Gasteiger partial charge is 0.0974 e. The quantitative estimate of drug-likeness (QED) is 0.577. The zero-order valence-corrected chi connectivity index (χ0v) is 8.50. The van der Waals surface area contributed by atoms with Crippen LogP contribution in [0.5, 0.6) is 0 Å². The number of rotatable bonds is 1. The molecule has 1 aliphatic heterocycles. The van der Waals surface area contributed by atoms with Crippen LogP contribution in [-0.4, -0.2) is 35.5 Å². The number of nitrogen functional groups attached to an aromatic ring is 1. The van der Waals surface area contributed by atoms with Crippen molar-refractivity contribution in [1.29, 1.82) is 0 Å². The predicted octanol–water partition coefficient (Wildman–Crippen LogP) is 0.201. The maximum atomic E-state index is 9.57. The van der Waals surface area contributed by atoms with Crippen molar-refractivity contribution < 1.29 is 10.2 Å². The Hall–Kier alpha value is -1.26. The van der Waals surface area contributed by atoms with Gasteiger partial charge in [-0.3, -0.25) is 0 Å². The molecular weight excluding hydrogens is 192 g/mol. The number of para-hydroxylation sites is 2. The molecule has 82 valence electrons. The maximum Gasteiger partial charge on any atom is 0.0974 e. The fourth-order valence-electron chi connectivity index (χ4n) is 1.91. The summed E-state index contributed by atoms with van der Waals surface area (Å²) in [7, 11) is 0. The van der Waals surface area contributed by atoms with Crippen LogP contribution in [0, 0.1) is 0 Å². The van der Waals surface area contributed by atoms with Crippen LogP contribution in [0.25, 0.3) is 0 Å². The molecule has 1 aromatic rings. The van der Waals surface area contributed by atoms with Crippen molar-refractivity contribution in [2.75, 3.05) is 23.7 Å². The molecule has 1 aromatic carbocycles. The van der Waals surface area contributed by atoms with Crippen LogP contribution in [0.3, 0.4) is 0 Å². The molecule has 4 nitrogen and oxygen atoms in total. The number of piperidine rings is 1. The third kappa shape index (κ3) is 2.06. The summed E-state index contributed by atoms with van der Waals surface area (Å²) in [5, 5.41) is 19.0. The number of hydrogen-bond acceptors (Lipinski definition) is 4. The number of β-amino-alcohol motifs (C(OH)–C–C–N with tert-alkyl or cyclic N) is 1. The van der Waals surface area contributed by atoms with Gasteiger partial charge in [0, 0.05) is 13.1 Å². The molecule has 0 saturated carbocycles. The summed E-state index contributed by atoms with van der Waals surface area (Å²) in [4.78, 5) is 2.01. The predicted molar refractivity (Wildman–Crippen MR) is 59.7 cm³/mol. The van der Waals surface area contributed by atoms with Gasteiger partial charge in [-0.05, 0) is 18.6 Å². The Bertz CT molecular complexity index is 343.